The largest absolute Gasteiger partial charge is 0.493 e. The van der Waals surface area contributed by atoms with E-state index in [4.69, 9.17) is 14.2 Å². The highest BCUT2D eigenvalue weighted by atomic mass is 16.5. The number of benzene rings is 3. The number of hydrogen-bond donors (Lipinski definition) is 2. The fraction of sp³-hybridized carbons (Fsp3) is 0.321. The number of aliphatic hydroxyl groups is 1. The Morgan fingerprint density at radius 2 is 1.61 bits per heavy atom. The lowest BCUT2D eigenvalue weighted by Gasteiger charge is -2.40. The van der Waals surface area contributed by atoms with Crippen LogP contribution in [0.15, 0.2) is 60.7 Å². The van der Waals surface area contributed by atoms with E-state index in [2.05, 4.69) is 16.0 Å². The van der Waals surface area contributed by atoms with Crippen molar-refractivity contribution in [3.05, 3.63) is 66.2 Å². The number of aliphatic hydroxyl groups excluding tert-OH is 1. The summed E-state index contributed by atoms with van der Waals surface area (Å²) in [6.07, 6.45) is -1.26. The molecule has 0 radical (unpaired) electrons. The van der Waals surface area contributed by atoms with Crippen molar-refractivity contribution in [1.29, 1.82) is 0 Å². The summed E-state index contributed by atoms with van der Waals surface area (Å²) in [6, 6.07) is 19.2. The minimum absolute atomic E-state index is 0.0614. The van der Waals surface area contributed by atoms with Crippen molar-refractivity contribution < 1.29 is 24.1 Å². The van der Waals surface area contributed by atoms with Gasteiger partial charge >= 0.3 is 0 Å². The molecular weight excluding hydrogens is 458 g/mol. The third kappa shape index (κ3) is 4.45. The molecule has 4 aromatic rings. The lowest BCUT2D eigenvalue weighted by Crippen LogP contribution is -2.56. The number of amides is 1. The molecule has 0 aliphatic carbocycles. The number of methoxy groups -OCH3 is 2. The van der Waals surface area contributed by atoms with Crippen LogP contribution < -0.4 is 14.2 Å². The Morgan fingerprint density at radius 3 is 2.33 bits per heavy atom. The van der Waals surface area contributed by atoms with E-state index >= 15 is 0 Å². The SMILES string of the molecule is COc1ccc(C(=O)N2CCN(C(Oc3cccc4[nH]c5ccccc5c34)C(C)O)CC2)cc1OC. The lowest BCUT2D eigenvalue weighted by molar-refractivity contribution is -0.0709. The summed E-state index contributed by atoms with van der Waals surface area (Å²) >= 11 is 0. The molecule has 2 unspecified atom stereocenters. The van der Waals surface area contributed by atoms with E-state index < -0.39 is 12.3 Å². The first kappa shape index (κ1) is 24.0. The molecule has 3 aromatic carbocycles. The van der Waals surface area contributed by atoms with Crippen LogP contribution in [-0.4, -0.2) is 78.5 Å². The smallest absolute Gasteiger partial charge is 0.254 e. The molecule has 1 aliphatic heterocycles. The number of aromatic nitrogens is 1. The van der Waals surface area contributed by atoms with Crippen molar-refractivity contribution in [2.45, 2.75) is 19.3 Å². The van der Waals surface area contributed by atoms with Gasteiger partial charge in [-0.15, -0.1) is 0 Å². The maximum absolute atomic E-state index is 13.1. The average Bonchev–Trinajstić information content (AvgIpc) is 3.30. The molecule has 8 heteroatoms. The van der Waals surface area contributed by atoms with Crippen LogP contribution in [0.2, 0.25) is 0 Å². The second-order valence-corrected chi connectivity index (χ2v) is 9.00. The van der Waals surface area contributed by atoms with E-state index in [1.54, 1.807) is 39.3 Å². The van der Waals surface area contributed by atoms with Gasteiger partial charge in [-0.05, 0) is 43.3 Å². The van der Waals surface area contributed by atoms with E-state index in [9.17, 15) is 9.90 Å². The number of fused-ring (bicyclic) bond motifs is 3. The summed E-state index contributed by atoms with van der Waals surface area (Å²) in [5.41, 5.74) is 2.58. The molecule has 0 spiro atoms. The lowest BCUT2D eigenvalue weighted by atomic mass is 10.1. The normalized spacial score (nSPS) is 16.2. The van der Waals surface area contributed by atoms with Gasteiger partial charge in [-0.1, -0.05) is 24.3 Å². The molecule has 0 bridgehead atoms. The first-order valence-corrected chi connectivity index (χ1v) is 12.1. The average molecular weight is 490 g/mol. The van der Waals surface area contributed by atoms with Gasteiger partial charge in [0.2, 0.25) is 0 Å². The Balaban J connectivity index is 1.32. The summed E-state index contributed by atoms with van der Waals surface area (Å²) in [7, 11) is 3.12. The first-order valence-electron chi connectivity index (χ1n) is 12.1. The van der Waals surface area contributed by atoms with Gasteiger partial charge in [0.05, 0.1) is 19.7 Å². The quantitative estimate of drug-likeness (QED) is 0.410. The number of carbonyl (C=O) groups excluding carboxylic acids is 1. The number of rotatable bonds is 7. The Kier molecular flexibility index (Phi) is 6.71. The highest BCUT2D eigenvalue weighted by Gasteiger charge is 2.31. The molecule has 0 saturated carbocycles. The van der Waals surface area contributed by atoms with Crippen LogP contribution >= 0.6 is 0 Å². The first-order chi connectivity index (χ1) is 17.5. The summed E-state index contributed by atoms with van der Waals surface area (Å²) in [5, 5.41) is 12.7. The van der Waals surface area contributed by atoms with Crippen molar-refractivity contribution in [2.24, 2.45) is 0 Å². The van der Waals surface area contributed by atoms with Crippen molar-refractivity contribution in [1.82, 2.24) is 14.8 Å². The van der Waals surface area contributed by atoms with Crippen molar-refractivity contribution in [3.8, 4) is 17.2 Å². The summed E-state index contributed by atoms with van der Waals surface area (Å²) in [6.45, 7) is 3.95. The van der Waals surface area contributed by atoms with Gasteiger partial charge in [-0.2, -0.15) is 0 Å². The van der Waals surface area contributed by atoms with Gasteiger partial charge in [0.25, 0.3) is 5.91 Å². The number of nitrogens with zero attached hydrogens (tertiary/aromatic N) is 2. The van der Waals surface area contributed by atoms with Crippen molar-refractivity contribution in [2.75, 3.05) is 40.4 Å². The molecular formula is C28H31N3O5. The molecule has 2 atom stereocenters. The molecule has 188 valence electrons. The predicted molar refractivity (Wildman–Crippen MR) is 139 cm³/mol. The van der Waals surface area contributed by atoms with Gasteiger partial charge in [0, 0.05) is 48.0 Å². The molecule has 2 N–H and O–H groups in total. The predicted octanol–water partition coefficient (Wildman–Crippen LogP) is 3.88. The third-order valence-corrected chi connectivity index (χ3v) is 6.74. The second kappa shape index (κ2) is 10.1. The van der Waals surface area contributed by atoms with Gasteiger partial charge < -0.3 is 29.2 Å². The number of aromatic amines is 1. The summed E-state index contributed by atoms with van der Waals surface area (Å²) in [5.74, 6) is 1.77. The summed E-state index contributed by atoms with van der Waals surface area (Å²) in [4.78, 5) is 20.5. The Morgan fingerprint density at radius 1 is 0.889 bits per heavy atom. The van der Waals surface area contributed by atoms with Gasteiger partial charge in [-0.25, -0.2) is 0 Å². The van der Waals surface area contributed by atoms with Gasteiger partial charge in [-0.3, -0.25) is 9.69 Å². The third-order valence-electron chi connectivity index (χ3n) is 6.74. The van der Waals surface area contributed by atoms with Crippen LogP contribution in [0.5, 0.6) is 17.2 Å². The number of hydrogen-bond acceptors (Lipinski definition) is 6. The van der Waals surface area contributed by atoms with Crippen LogP contribution in [0.4, 0.5) is 0 Å². The van der Waals surface area contributed by atoms with Crippen LogP contribution in [0.3, 0.4) is 0 Å². The zero-order chi connectivity index (χ0) is 25.2. The Hall–Kier alpha value is -3.75. The van der Waals surface area contributed by atoms with Gasteiger partial charge in [0.15, 0.2) is 17.7 Å². The summed E-state index contributed by atoms with van der Waals surface area (Å²) < 4.78 is 17.1. The van der Waals surface area contributed by atoms with Crippen LogP contribution in [0, 0.1) is 0 Å². The Labute approximate surface area is 210 Å². The monoisotopic (exact) mass is 489 g/mol. The fourth-order valence-electron chi connectivity index (χ4n) is 4.91. The standard InChI is InChI=1S/C28H31N3O5/c1-18(32)28(36-24-10-6-9-22-26(24)20-7-4-5-8-21(20)29-22)31-15-13-30(14-16-31)27(33)19-11-12-23(34-2)25(17-19)35-3/h4-12,17-18,28-29,32H,13-16H2,1-3H3. The van der Waals surface area contributed by atoms with Crippen LogP contribution in [-0.2, 0) is 0 Å². The second-order valence-electron chi connectivity index (χ2n) is 9.00. The molecule has 1 aliphatic rings. The number of H-pyrrole nitrogens is 1. The van der Waals surface area contributed by atoms with E-state index in [0.29, 0.717) is 43.2 Å². The molecule has 1 aromatic heterocycles. The zero-order valence-corrected chi connectivity index (χ0v) is 20.7. The molecule has 2 heterocycles. The fourth-order valence-corrected chi connectivity index (χ4v) is 4.91. The maximum atomic E-state index is 13.1. The topological polar surface area (TPSA) is 87.3 Å². The number of nitrogens with one attached hydrogen (secondary N) is 1. The molecule has 1 fully saturated rings. The van der Waals surface area contributed by atoms with E-state index in [0.717, 1.165) is 27.6 Å². The highest BCUT2D eigenvalue weighted by Crippen LogP contribution is 2.34. The Bertz CT molecular complexity index is 1370. The molecule has 1 amide bonds. The van der Waals surface area contributed by atoms with E-state index in [1.807, 2.05) is 41.3 Å². The van der Waals surface area contributed by atoms with Gasteiger partial charge in [0.1, 0.15) is 11.9 Å². The number of para-hydroxylation sites is 1. The van der Waals surface area contributed by atoms with Crippen LogP contribution in [0.1, 0.15) is 17.3 Å². The number of carbonyl (C=O) groups is 1. The van der Waals surface area contributed by atoms with E-state index in [1.165, 1.54) is 0 Å². The molecule has 8 nitrogen and oxygen atoms in total. The van der Waals surface area contributed by atoms with E-state index in [-0.39, 0.29) is 5.91 Å². The number of piperazine rings is 1. The minimum atomic E-state index is -0.724. The van der Waals surface area contributed by atoms with Crippen LogP contribution in [0.25, 0.3) is 21.8 Å². The molecule has 1 saturated heterocycles. The molecule has 5 rings (SSSR count). The zero-order valence-electron chi connectivity index (χ0n) is 20.7. The number of ether oxygens (including phenoxy) is 3. The minimum Gasteiger partial charge on any atom is -0.493 e. The van der Waals surface area contributed by atoms with Crippen molar-refractivity contribution >= 4 is 27.7 Å². The molecule has 36 heavy (non-hydrogen) atoms. The van der Waals surface area contributed by atoms with Crippen molar-refractivity contribution in [3.63, 3.8) is 0 Å². The highest BCUT2D eigenvalue weighted by molar-refractivity contribution is 6.10. The maximum Gasteiger partial charge on any atom is 0.254 e.